The Morgan fingerprint density at radius 2 is 2.11 bits per heavy atom. The minimum atomic E-state index is -1.13. The van der Waals surface area contributed by atoms with Crippen LogP contribution in [-0.4, -0.2) is 29.6 Å². The second-order valence-corrected chi connectivity index (χ2v) is 4.15. The molecule has 98 valence electrons. The molecule has 0 bridgehead atoms. The van der Waals surface area contributed by atoms with Crippen LogP contribution in [0.15, 0.2) is 34.9 Å². The van der Waals surface area contributed by atoms with Crippen LogP contribution < -0.4 is 0 Å². The van der Waals surface area contributed by atoms with Gasteiger partial charge in [0.15, 0.2) is 0 Å². The molecular weight excluding hydrogens is 250 g/mol. The molecule has 0 spiro atoms. The highest BCUT2D eigenvalue weighted by Crippen LogP contribution is 2.25. The summed E-state index contributed by atoms with van der Waals surface area (Å²) in [5.41, 5.74) is 2.30. The van der Waals surface area contributed by atoms with E-state index in [1.807, 2.05) is 24.3 Å². The molecule has 0 aliphatic carbocycles. The predicted octanol–water partition coefficient (Wildman–Crippen LogP) is 2.09. The number of aromatic nitrogens is 1. The molecule has 0 saturated carbocycles. The summed E-state index contributed by atoms with van der Waals surface area (Å²) in [6.07, 6.45) is -0.0408. The Kier molecular flexibility index (Phi) is 3.02. The highest BCUT2D eigenvalue weighted by Gasteiger charge is 2.18. The third-order valence-electron chi connectivity index (χ3n) is 2.92. The molecule has 0 amide bonds. The van der Waals surface area contributed by atoms with E-state index in [4.69, 9.17) is 19.1 Å². The van der Waals surface area contributed by atoms with Crippen LogP contribution in [0.5, 0.6) is 0 Å². The van der Waals surface area contributed by atoms with Gasteiger partial charge in [-0.2, -0.15) is 0 Å². The summed E-state index contributed by atoms with van der Waals surface area (Å²) in [5.74, 6) is -1.31. The molecule has 2 aromatic rings. The second kappa shape index (κ2) is 4.83. The van der Waals surface area contributed by atoms with Crippen molar-refractivity contribution in [2.75, 3.05) is 13.4 Å². The fourth-order valence-electron chi connectivity index (χ4n) is 1.91. The Hall–Kier alpha value is -2.18. The summed E-state index contributed by atoms with van der Waals surface area (Å²) in [6.45, 7) is 0.865. The average molecular weight is 261 g/mol. The van der Waals surface area contributed by atoms with Crippen LogP contribution >= 0.6 is 0 Å². The Morgan fingerprint density at radius 3 is 2.68 bits per heavy atom. The summed E-state index contributed by atoms with van der Waals surface area (Å²) >= 11 is 0. The molecule has 1 aromatic heterocycles. The summed E-state index contributed by atoms with van der Waals surface area (Å²) < 4.78 is 15.2. The van der Waals surface area contributed by atoms with E-state index < -0.39 is 5.97 Å². The number of aromatic carboxylic acids is 1. The molecule has 1 unspecified atom stereocenters. The third-order valence-corrected chi connectivity index (χ3v) is 2.92. The minimum absolute atomic E-state index is 0.0408. The second-order valence-electron chi connectivity index (χ2n) is 4.15. The zero-order chi connectivity index (χ0) is 13.2. The van der Waals surface area contributed by atoms with E-state index in [2.05, 4.69) is 5.16 Å². The highest BCUT2D eigenvalue weighted by atomic mass is 16.7. The lowest BCUT2D eigenvalue weighted by atomic mass is 10.1. The van der Waals surface area contributed by atoms with Crippen LogP contribution in [0.2, 0.25) is 0 Å². The quantitative estimate of drug-likeness (QED) is 0.910. The van der Waals surface area contributed by atoms with Gasteiger partial charge in [0.2, 0.25) is 5.76 Å². The molecule has 1 saturated heterocycles. The van der Waals surface area contributed by atoms with Crippen molar-refractivity contribution in [2.24, 2.45) is 0 Å². The van der Waals surface area contributed by atoms with Gasteiger partial charge >= 0.3 is 5.97 Å². The number of carboxylic acids is 1. The maximum absolute atomic E-state index is 10.7. The van der Waals surface area contributed by atoms with Gasteiger partial charge in [0.25, 0.3) is 0 Å². The van der Waals surface area contributed by atoms with E-state index in [9.17, 15) is 4.79 Å². The Morgan fingerprint density at radius 1 is 1.32 bits per heavy atom. The van der Waals surface area contributed by atoms with Crippen molar-refractivity contribution in [2.45, 2.75) is 6.10 Å². The molecule has 1 aliphatic rings. The number of carboxylic acid groups (broad SMARTS) is 1. The fraction of sp³-hybridized carbons (Fsp3) is 0.231. The maximum Gasteiger partial charge on any atom is 0.374 e. The molecule has 6 nitrogen and oxygen atoms in total. The number of ether oxygens (including phenoxy) is 2. The van der Waals surface area contributed by atoms with Crippen molar-refractivity contribution in [3.8, 4) is 11.3 Å². The summed E-state index contributed by atoms with van der Waals surface area (Å²) in [5, 5.41) is 12.5. The van der Waals surface area contributed by atoms with Crippen molar-refractivity contribution >= 4 is 5.97 Å². The molecule has 19 heavy (non-hydrogen) atoms. The van der Waals surface area contributed by atoms with Crippen LogP contribution in [0.25, 0.3) is 11.3 Å². The Labute approximate surface area is 108 Å². The maximum atomic E-state index is 10.7. The van der Waals surface area contributed by atoms with Crippen molar-refractivity contribution in [1.82, 2.24) is 5.16 Å². The largest absolute Gasteiger partial charge is 0.475 e. The standard InChI is InChI=1S/C13H11NO5/c15-13(16)11-5-10(14-19-11)8-1-3-9(4-2-8)12-6-17-7-18-12/h1-5,12H,6-7H2,(H,15,16). The molecular formula is C13H11NO5. The number of benzene rings is 1. The van der Waals surface area contributed by atoms with E-state index in [1.165, 1.54) is 6.07 Å². The molecule has 1 aliphatic heterocycles. The van der Waals surface area contributed by atoms with Gasteiger partial charge in [-0.25, -0.2) is 4.79 Å². The number of hydrogen-bond donors (Lipinski definition) is 1. The molecule has 2 heterocycles. The normalized spacial score (nSPS) is 18.6. The van der Waals surface area contributed by atoms with Crippen LogP contribution in [0.1, 0.15) is 22.2 Å². The molecule has 1 aromatic carbocycles. The van der Waals surface area contributed by atoms with E-state index in [1.54, 1.807) is 0 Å². The first-order valence-electron chi connectivity index (χ1n) is 5.74. The smallest absolute Gasteiger partial charge is 0.374 e. The van der Waals surface area contributed by atoms with E-state index in [0.29, 0.717) is 19.1 Å². The fourth-order valence-corrected chi connectivity index (χ4v) is 1.91. The zero-order valence-corrected chi connectivity index (χ0v) is 9.91. The SMILES string of the molecule is O=C(O)c1cc(-c2ccc(C3COCO3)cc2)no1. The summed E-state index contributed by atoms with van der Waals surface area (Å²) in [4.78, 5) is 10.7. The first-order valence-corrected chi connectivity index (χ1v) is 5.74. The zero-order valence-electron chi connectivity index (χ0n) is 9.91. The van der Waals surface area contributed by atoms with Gasteiger partial charge in [-0.3, -0.25) is 0 Å². The van der Waals surface area contributed by atoms with Gasteiger partial charge in [-0.15, -0.1) is 0 Å². The number of nitrogens with zero attached hydrogens (tertiary/aromatic N) is 1. The van der Waals surface area contributed by atoms with Gasteiger partial charge in [0.05, 0.1) is 6.61 Å². The predicted molar refractivity (Wildman–Crippen MR) is 63.5 cm³/mol. The van der Waals surface area contributed by atoms with E-state index in [-0.39, 0.29) is 11.9 Å². The first kappa shape index (κ1) is 11.9. The van der Waals surface area contributed by atoms with Gasteiger partial charge in [0.1, 0.15) is 18.6 Å². The van der Waals surface area contributed by atoms with E-state index in [0.717, 1.165) is 11.1 Å². The van der Waals surface area contributed by atoms with Gasteiger partial charge in [0, 0.05) is 11.6 Å². The monoisotopic (exact) mass is 261 g/mol. The summed E-state index contributed by atoms with van der Waals surface area (Å²) in [7, 11) is 0. The van der Waals surface area contributed by atoms with Gasteiger partial charge < -0.3 is 19.1 Å². The lowest BCUT2D eigenvalue weighted by Gasteiger charge is -2.07. The number of rotatable bonds is 3. The first-order chi connectivity index (χ1) is 9.24. The molecule has 1 atom stereocenters. The average Bonchev–Trinajstić information content (AvgIpc) is 3.11. The Balaban J connectivity index is 1.82. The van der Waals surface area contributed by atoms with Gasteiger partial charge in [-0.1, -0.05) is 29.4 Å². The van der Waals surface area contributed by atoms with Crippen LogP contribution in [0.4, 0.5) is 0 Å². The van der Waals surface area contributed by atoms with Crippen molar-refractivity contribution < 1.29 is 23.9 Å². The van der Waals surface area contributed by atoms with Crippen molar-refractivity contribution in [3.05, 3.63) is 41.7 Å². The molecule has 6 heteroatoms. The Bertz CT molecular complexity index is 583. The summed E-state index contributed by atoms with van der Waals surface area (Å²) in [6, 6.07) is 8.90. The molecule has 1 N–H and O–H groups in total. The third kappa shape index (κ3) is 2.35. The number of hydrogen-bond acceptors (Lipinski definition) is 5. The highest BCUT2D eigenvalue weighted by molar-refractivity contribution is 5.85. The molecule has 0 radical (unpaired) electrons. The van der Waals surface area contributed by atoms with Crippen molar-refractivity contribution in [1.29, 1.82) is 0 Å². The molecule has 3 rings (SSSR count). The minimum Gasteiger partial charge on any atom is -0.475 e. The van der Waals surface area contributed by atoms with Crippen LogP contribution in [0.3, 0.4) is 0 Å². The lowest BCUT2D eigenvalue weighted by Crippen LogP contribution is -1.98. The van der Waals surface area contributed by atoms with Crippen LogP contribution in [-0.2, 0) is 9.47 Å². The molecule has 1 fully saturated rings. The van der Waals surface area contributed by atoms with E-state index >= 15 is 0 Å². The van der Waals surface area contributed by atoms with Crippen LogP contribution in [0, 0.1) is 0 Å². The number of carbonyl (C=O) groups is 1. The lowest BCUT2D eigenvalue weighted by molar-refractivity contribution is 0.0466. The van der Waals surface area contributed by atoms with Crippen molar-refractivity contribution in [3.63, 3.8) is 0 Å². The topological polar surface area (TPSA) is 81.8 Å². The van der Waals surface area contributed by atoms with Gasteiger partial charge in [-0.05, 0) is 5.56 Å².